The van der Waals surface area contributed by atoms with Crippen LogP contribution in [0.25, 0.3) is 21.8 Å². The van der Waals surface area contributed by atoms with Gasteiger partial charge in [-0.1, -0.05) is 32.0 Å². The molecule has 1 unspecified atom stereocenters. The molecule has 0 amide bonds. The van der Waals surface area contributed by atoms with E-state index in [0.29, 0.717) is 16.3 Å². The molecule has 4 aromatic rings. The molecule has 4 rings (SSSR count). The first-order chi connectivity index (χ1) is 14.9. The van der Waals surface area contributed by atoms with Crippen molar-refractivity contribution in [1.82, 2.24) is 15.0 Å². The van der Waals surface area contributed by atoms with Gasteiger partial charge in [-0.25, -0.2) is 23.6 Å². The topological polar surface area (TPSA) is 67.8 Å². The number of benzene rings is 2. The fourth-order valence-electron chi connectivity index (χ4n) is 2.89. The van der Waals surface area contributed by atoms with E-state index in [4.69, 9.17) is 16.6 Å². The van der Waals surface area contributed by atoms with Crippen LogP contribution in [0.3, 0.4) is 0 Å². The maximum Gasteiger partial charge on any atom is 0.222 e. The molecule has 2 aromatic carbocycles. The van der Waals surface area contributed by atoms with E-state index in [-0.39, 0.29) is 11.2 Å². The molecule has 9 heteroatoms. The smallest absolute Gasteiger partial charge is 0.222 e. The molecule has 1 atom stereocenters. The molecule has 5 nitrogen and oxygen atoms in total. The third kappa shape index (κ3) is 4.98. The van der Waals surface area contributed by atoms with Crippen LogP contribution in [0, 0.1) is 5.82 Å². The quantitative estimate of drug-likeness (QED) is 0.333. The molecule has 158 valence electrons. The predicted octanol–water partition coefficient (Wildman–Crippen LogP) is 6.32. The molecule has 0 fully saturated rings. The lowest BCUT2D eigenvalue weighted by molar-refractivity contribution is 0.622. The van der Waals surface area contributed by atoms with E-state index >= 15 is 0 Å². The van der Waals surface area contributed by atoms with Gasteiger partial charge in [-0.05, 0) is 48.0 Å². The van der Waals surface area contributed by atoms with Gasteiger partial charge in [0.05, 0.1) is 26.2 Å². The van der Waals surface area contributed by atoms with Gasteiger partial charge in [0.25, 0.3) is 0 Å². The van der Waals surface area contributed by atoms with Gasteiger partial charge in [0.2, 0.25) is 5.28 Å². The normalized spacial score (nSPS) is 12.2. The van der Waals surface area contributed by atoms with E-state index in [1.165, 1.54) is 18.2 Å². The van der Waals surface area contributed by atoms with Crippen molar-refractivity contribution < 1.29 is 8.60 Å². The second kappa shape index (κ2) is 9.21. The molecule has 1 N–H and O–H groups in total. The number of nitrogens with one attached hydrogen (secondary N) is 1. The highest BCUT2D eigenvalue weighted by atomic mass is 35.5. The lowest BCUT2D eigenvalue weighted by Gasteiger charge is -2.08. The average Bonchev–Trinajstić information content (AvgIpc) is 3.20. The number of hydrogen-bond donors (Lipinski definition) is 1. The first kappa shape index (κ1) is 21.5. The second-order valence-corrected chi connectivity index (χ2v) is 9.59. The summed E-state index contributed by atoms with van der Waals surface area (Å²) in [5, 5.41) is 1.14. The molecular weight excluding hydrogens is 455 g/mol. The summed E-state index contributed by atoms with van der Waals surface area (Å²) in [4.78, 5) is 14.4. The molecule has 0 aliphatic carbocycles. The van der Waals surface area contributed by atoms with Crippen molar-refractivity contribution >= 4 is 39.6 Å². The van der Waals surface area contributed by atoms with Gasteiger partial charge in [-0.2, -0.15) is 0 Å². The summed E-state index contributed by atoms with van der Waals surface area (Å²) < 4.78 is 29.0. The fraction of sp³-hybridized carbons (Fsp3) is 0.136. The molecule has 0 saturated carbocycles. The van der Waals surface area contributed by atoms with Gasteiger partial charge in [-0.3, -0.25) is 0 Å². The molecule has 31 heavy (non-hydrogen) atoms. The van der Waals surface area contributed by atoms with Crippen LogP contribution in [-0.4, -0.2) is 19.2 Å². The summed E-state index contributed by atoms with van der Waals surface area (Å²) in [6, 6.07) is 15.0. The van der Waals surface area contributed by atoms with Crippen molar-refractivity contribution in [3.05, 3.63) is 76.9 Å². The summed E-state index contributed by atoms with van der Waals surface area (Å²) in [5.74, 6) is -0.185. The van der Waals surface area contributed by atoms with E-state index in [0.717, 1.165) is 21.1 Å². The van der Waals surface area contributed by atoms with E-state index < -0.39 is 16.8 Å². The number of aromatic nitrogens is 3. The monoisotopic (exact) mass is 472 g/mol. The zero-order valence-electron chi connectivity index (χ0n) is 16.7. The second-order valence-electron chi connectivity index (χ2n) is 7.00. The lowest BCUT2D eigenvalue weighted by Crippen LogP contribution is -2.05. The van der Waals surface area contributed by atoms with Crippen molar-refractivity contribution in [1.29, 1.82) is 0 Å². The lowest BCUT2D eigenvalue weighted by atomic mass is 10.1. The van der Waals surface area contributed by atoms with Crippen molar-refractivity contribution in [2.75, 3.05) is 4.72 Å². The van der Waals surface area contributed by atoms with E-state index in [9.17, 15) is 8.60 Å². The Kier molecular flexibility index (Phi) is 6.41. The molecule has 2 heterocycles. The average molecular weight is 473 g/mol. The Hall–Kier alpha value is -2.68. The molecule has 2 aromatic heterocycles. The maximum absolute atomic E-state index is 13.5. The van der Waals surface area contributed by atoms with Crippen LogP contribution in [0.4, 0.5) is 10.1 Å². The minimum atomic E-state index is -1.60. The van der Waals surface area contributed by atoms with Gasteiger partial charge in [0, 0.05) is 23.4 Å². The number of rotatable bonds is 6. The highest BCUT2D eigenvalue weighted by molar-refractivity contribution is 7.86. The van der Waals surface area contributed by atoms with Crippen LogP contribution in [-0.2, 0) is 11.0 Å². The number of anilines is 1. The van der Waals surface area contributed by atoms with E-state index in [1.54, 1.807) is 35.7 Å². The summed E-state index contributed by atoms with van der Waals surface area (Å²) >= 11 is 7.57. The van der Waals surface area contributed by atoms with Gasteiger partial charge < -0.3 is 4.72 Å². The van der Waals surface area contributed by atoms with E-state index in [1.807, 2.05) is 18.2 Å². The summed E-state index contributed by atoms with van der Waals surface area (Å²) in [6.07, 6.45) is 1.61. The highest BCUT2D eigenvalue weighted by Crippen LogP contribution is 2.39. The van der Waals surface area contributed by atoms with Crippen LogP contribution < -0.4 is 4.72 Å². The predicted molar refractivity (Wildman–Crippen MR) is 124 cm³/mol. The zero-order chi connectivity index (χ0) is 22.0. The summed E-state index contributed by atoms with van der Waals surface area (Å²) in [7, 11) is -1.60. The minimum Gasteiger partial charge on any atom is -0.301 e. The standard InChI is InChI=1S/C22H18ClFN4OS2/c1-13(2)21-27-19(20(30-21)18-9-10-25-22(23)26-18)14-5-3-7-16(11-14)28-31(29)17-8-4-6-15(24)12-17/h3-13,28H,1-2H3. The number of nitrogens with zero attached hydrogens (tertiary/aromatic N) is 3. The maximum atomic E-state index is 13.5. The largest absolute Gasteiger partial charge is 0.301 e. The van der Waals surface area contributed by atoms with Crippen molar-refractivity contribution in [2.24, 2.45) is 0 Å². The van der Waals surface area contributed by atoms with Crippen molar-refractivity contribution in [2.45, 2.75) is 24.7 Å². The van der Waals surface area contributed by atoms with E-state index in [2.05, 4.69) is 28.5 Å². The highest BCUT2D eigenvalue weighted by Gasteiger charge is 2.18. The van der Waals surface area contributed by atoms with Crippen LogP contribution >= 0.6 is 22.9 Å². The van der Waals surface area contributed by atoms with Gasteiger partial charge in [0.15, 0.2) is 0 Å². The van der Waals surface area contributed by atoms with Crippen molar-refractivity contribution in [3.8, 4) is 21.8 Å². The van der Waals surface area contributed by atoms with Gasteiger partial charge >= 0.3 is 0 Å². The van der Waals surface area contributed by atoms with Crippen molar-refractivity contribution in [3.63, 3.8) is 0 Å². The Morgan fingerprint density at radius 3 is 2.65 bits per heavy atom. The molecule has 0 aliphatic rings. The molecule has 0 saturated heterocycles. The molecule has 0 bridgehead atoms. The fourth-order valence-corrected chi connectivity index (χ4v) is 4.98. The third-order valence-corrected chi connectivity index (χ3v) is 7.02. The summed E-state index contributed by atoms with van der Waals surface area (Å²) in [6.45, 7) is 4.17. The number of thiazole rings is 1. The van der Waals surface area contributed by atoms with Crippen LogP contribution in [0.5, 0.6) is 0 Å². The summed E-state index contributed by atoms with van der Waals surface area (Å²) in [5.41, 5.74) is 2.93. The zero-order valence-corrected chi connectivity index (χ0v) is 19.1. The number of halogens is 2. The molecule has 0 radical (unpaired) electrons. The Morgan fingerprint density at radius 1 is 1.10 bits per heavy atom. The molecular formula is C22H18ClFN4OS2. The Balaban J connectivity index is 1.71. The number of hydrogen-bond acceptors (Lipinski definition) is 5. The van der Waals surface area contributed by atoms with Gasteiger partial charge in [0.1, 0.15) is 16.8 Å². The Bertz CT molecular complexity index is 1260. The Morgan fingerprint density at radius 2 is 1.90 bits per heavy atom. The van der Waals surface area contributed by atoms with Gasteiger partial charge in [-0.15, -0.1) is 11.3 Å². The third-order valence-electron chi connectivity index (χ3n) is 4.35. The van der Waals surface area contributed by atoms with Crippen LogP contribution in [0.1, 0.15) is 24.8 Å². The Labute approximate surface area is 191 Å². The SMILES string of the molecule is CC(C)c1nc(-c2cccc(NS(=O)c3cccc(F)c3)c2)c(-c2ccnc(Cl)n2)s1. The molecule has 0 aliphatic heterocycles. The first-order valence-corrected chi connectivity index (χ1v) is 11.8. The minimum absolute atomic E-state index is 0.170. The van der Waals surface area contributed by atoms with Crippen LogP contribution in [0.15, 0.2) is 65.7 Å². The first-order valence-electron chi connectivity index (χ1n) is 9.45. The van der Waals surface area contributed by atoms with Crippen LogP contribution in [0.2, 0.25) is 5.28 Å². The molecule has 0 spiro atoms.